The van der Waals surface area contributed by atoms with E-state index in [1.165, 1.54) is 12.4 Å². The van der Waals surface area contributed by atoms with E-state index in [0.29, 0.717) is 35.1 Å². The molecule has 4 heterocycles. The molecule has 1 unspecified atom stereocenters. The van der Waals surface area contributed by atoms with Crippen LogP contribution in [0, 0.1) is 0 Å². The summed E-state index contributed by atoms with van der Waals surface area (Å²) < 4.78 is 48.4. The van der Waals surface area contributed by atoms with E-state index >= 15 is 0 Å². The Labute approximate surface area is 180 Å². The summed E-state index contributed by atoms with van der Waals surface area (Å²) in [7, 11) is 0. The Kier molecular flexibility index (Phi) is 4.89. The number of nitrogens with two attached hydrogens (primary N) is 1. The molecule has 7 nitrogen and oxygen atoms in total. The van der Waals surface area contributed by atoms with Crippen molar-refractivity contribution in [1.82, 2.24) is 19.3 Å². The number of hydrogen-bond acceptors (Lipinski definition) is 5. The van der Waals surface area contributed by atoms with Gasteiger partial charge in [-0.3, -0.25) is 9.36 Å². The highest BCUT2D eigenvalue weighted by Gasteiger charge is 2.31. The van der Waals surface area contributed by atoms with Crippen molar-refractivity contribution >= 4 is 27.6 Å². The van der Waals surface area contributed by atoms with Gasteiger partial charge in [0.2, 0.25) is 0 Å². The molecule has 1 aromatic carbocycles. The number of benzene rings is 1. The van der Waals surface area contributed by atoms with Crippen LogP contribution in [0.25, 0.3) is 32.9 Å². The SMILES string of the molecule is Nc1ncccc1-c1ccc2c3c(cnn3C3CCCCO3)c(=O)n(CC(F)(F)F)c2c1. The van der Waals surface area contributed by atoms with Gasteiger partial charge in [-0.05, 0) is 43.0 Å². The maximum Gasteiger partial charge on any atom is 0.406 e. The molecule has 1 saturated heterocycles. The number of ether oxygens (including phenoxy) is 1. The smallest absolute Gasteiger partial charge is 0.383 e. The lowest BCUT2D eigenvalue weighted by atomic mass is 10.0. The normalized spacial score (nSPS) is 17.3. The van der Waals surface area contributed by atoms with Crippen molar-refractivity contribution in [2.75, 3.05) is 12.3 Å². The zero-order valence-electron chi connectivity index (χ0n) is 17.0. The van der Waals surface area contributed by atoms with Crippen LogP contribution >= 0.6 is 0 Å². The first-order chi connectivity index (χ1) is 15.3. The molecule has 166 valence electrons. The fourth-order valence-electron chi connectivity index (χ4n) is 4.30. The molecule has 0 aliphatic carbocycles. The largest absolute Gasteiger partial charge is 0.406 e. The van der Waals surface area contributed by atoms with E-state index in [-0.39, 0.29) is 22.9 Å². The van der Waals surface area contributed by atoms with Crippen molar-refractivity contribution in [2.24, 2.45) is 0 Å². The summed E-state index contributed by atoms with van der Waals surface area (Å²) in [5.74, 6) is 0.248. The molecule has 3 aromatic heterocycles. The highest BCUT2D eigenvalue weighted by atomic mass is 19.4. The standard InChI is InChI=1S/C22H20F3N5O2/c23-22(24,25)12-29-17-10-13(14-4-3-8-27-20(14)26)6-7-15(17)19-16(21(29)31)11-28-30(19)18-5-1-2-9-32-18/h3-4,6-8,10-11,18H,1-2,5,9,12H2,(H2,26,27). The minimum absolute atomic E-state index is 0.129. The molecule has 0 saturated carbocycles. The van der Waals surface area contributed by atoms with Crippen LogP contribution in [-0.2, 0) is 11.3 Å². The maximum absolute atomic E-state index is 13.4. The van der Waals surface area contributed by atoms with Gasteiger partial charge >= 0.3 is 6.18 Å². The van der Waals surface area contributed by atoms with E-state index in [4.69, 9.17) is 10.5 Å². The summed E-state index contributed by atoms with van der Waals surface area (Å²) >= 11 is 0. The van der Waals surface area contributed by atoms with Gasteiger partial charge in [0, 0.05) is 23.8 Å². The number of nitrogens with zero attached hydrogens (tertiary/aromatic N) is 4. The Morgan fingerprint density at radius 1 is 1.19 bits per heavy atom. The van der Waals surface area contributed by atoms with Gasteiger partial charge in [0.25, 0.3) is 5.56 Å². The molecule has 32 heavy (non-hydrogen) atoms. The lowest BCUT2D eigenvalue weighted by Gasteiger charge is -2.24. The minimum Gasteiger partial charge on any atom is -0.383 e. The van der Waals surface area contributed by atoms with Crippen LogP contribution < -0.4 is 11.3 Å². The van der Waals surface area contributed by atoms with Crippen LogP contribution in [0.1, 0.15) is 25.5 Å². The summed E-state index contributed by atoms with van der Waals surface area (Å²) in [6, 6.07) is 8.43. The van der Waals surface area contributed by atoms with Crippen molar-refractivity contribution < 1.29 is 17.9 Å². The van der Waals surface area contributed by atoms with E-state index in [1.807, 2.05) is 0 Å². The van der Waals surface area contributed by atoms with Crippen LogP contribution in [0.15, 0.2) is 47.5 Å². The fourth-order valence-corrected chi connectivity index (χ4v) is 4.30. The topological polar surface area (TPSA) is 88.0 Å². The summed E-state index contributed by atoms with van der Waals surface area (Å²) in [5.41, 5.74) is 6.99. The van der Waals surface area contributed by atoms with E-state index in [1.54, 1.807) is 35.0 Å². The van der Waals surface area contributed by atoms with E-state index in [2.05, 4.69) is 10.1 Å². The quantitative estimate of drug-likeness (QED) is 0.511. The molecular formula is C22H20F3N5O2. The van der Waals surface area contributed by atoms with Crippen LogP contribution in [0.5, 0.6) is 0 Å². The number of hydrogen-bond donors (Lipinski definition) is 1. The Balaban J connectivity index is 1.82. The lowest BCUT2D eigenvalue weighted by Crippen LogP contribution is -2.29. The number of pyridine rings is 2. The van der Waals surface area contributed by atoms with Gasteiger partial charge in [-0.1, -0.05) is 12.1 Å². The third-order valence-corrected chi connectivity index (χ3v) is 5.73. The molecule has 1 atom stereocenters. The average Bonchev–Trinajstić information content (AvgIpc) is 3.22. The van der Waals surface area contributed by atoms with Crippen LogP contribution in [0.2, 0.25) is 0 Å². The number of aromatic nitrogens is 4. The molecule has 1 fully saturated rings. The molecule has 0 amide bonds. The second-order valence-corrected chi connectivity index (χ2v) is 7.85. The van der Waals surface area contributed by atoms with Crippen molar-refractivity contribution in [3.8, 4) is 11.1 Å². The molecule has 5 rings (SSSR count). The van der Waals surface area contributed by atoms with Crippen LogP contribution in [0.4, 0.5) is 19.0 Å². The Morgan fingerprint density at radius 3 is 2.75 bits per heavy atom. The van der Waals surface area contributed by atoms with Gasteiger partial charge in [-0.2, -0.15) is 18.3 Å². The number of alkyl halides is 3. The predicted molar refractivity (Wildman–Crippen MR) is 114 cm³/mol. The van der Waals surface area contributed by atoms with E-state index in [0.717, 1.165) is 17.4 Å². The van der Waals surface area contributed by atoms with Gasteiger partial charge in [0.15, 0.2) is 6.23 Å². The lowest BCUT2D eigenvalue weighted by molar-refractivity contribution is -0.140. The molecule has 0 spiro atoms. The highest BCUT2D eigenvalue weighted by molar-refractivity contribution is 6.04. The molecule has 1 aliphatic rings. The Hall–Kier alpha value is -3.40. The number of fused-ring (bicyclic) bond motifs is 3. The third-order valence-electron chi connectivity index (χ3n) is 5.73. The maximum atomic E-state index is 13.4. The van der Waals surface area contributed by atoms with Gasteiger partial charge in [-0.15, -0.1) is 0 Å². The van der Waals surface area contributed by atoms with Gasteiger partial charge < -0.3 is 10.5 Å². The molecule has 10 heteroatoms. The zero-order chi connectivity index (χ0) is 22.5. The van der Waals surface area contributed by atoms with Gasteiger partial charge in [-0.25, -0.2) is 9.67 Å². The summed E-state index contributed by atoms with van der Waals surface area (Å²) in [4.78, 5) is 17.2. The van der Waals surface area contributed by atoms with Gasteiger partial charge in [0.05, 0.1) is 22.6 Å². The first-order valence-corrected chi connectivity index (χ1v) is 10.3. The van der Waals surface area contributed by atoms with Crippen molar-refractivity contribution in [3.63, 3.8) is 0 Å². The Morgan fingerprint density at radius 2 is 2.03 bits per heavy atom. The molecule has 0 radical (unpaired) electrons. The molecule has 2 N–H and O–H groups in total. The molecular weight excluding hydrogens is 423 g/mol. The van der Waals surface area contributed by atoms with E-state index in [9.17, 15) is 18.0 Å². The van der Waals surface area contributed by atoms with Crippen molar-refractivity contribution in [3.05, 3.63) is 53.1 Å². The molecule has 0 bridgehead atoms. The molecule has 1 aliphatic heterocycles. The average molecular weight is 443 g/mol. The highest BCUT2D eigenvalue weighted by Crippen LogP contribution is 2.33. The Bertz CT molecular complexity index is 1370. The summed E-state index contributed by atoms with van der Waals surface area (Å²) in [6.45, 7) is -0.838. The number of anilines is 1. The van der Waals surface area contributed by atoms with Crippen molar-refractivity contribution in [2.45, 2.75) is 38.2 Å². The summed E-state index contributed by atoms with van der Waals surface area (Å²) in [5, 5.41) is 4.95. The zero-order valence-corrected chi connectivity index (χ0v) is 17.0. The second kappa shape index (κ2) is 7.63. The summed E-state index contributed by atoms with van der Waals surface area (Å²) in [6.07, 6.45) is 0.519. The molecule has 4 aromatic rings. The first-order valence-electron chi connectivity index (χ1n) is 10.3. The monoisotopic (exact) mass is 443 g/mol. The minimum atomic E-state index is -4.57. The predicted octanol–water partition coefficient (Wildman–Crippen LogP) is 4.26. The fraction of sp³-hybridized carbons (Fsp3) is 0.318. The number of nitrogen functional groups attached to an aromatic ring is 1. The number of halogens is 3. The number of rotatable bonds is 3. The second-order valence-electron chi connectivity index (χ2n) is 7.85. The van der Waals surface area contributed by atoms with E-state index < -0.39 is 18.3 Å². The van der Waals surface area contributed by atoms with Crippen LogP contribution in [0.3, 0.4) is 0 Å². The third kappa shape index (κ3) is 3.50. The van der Waals surface area contributed by atoms with Crippen molar-refractivity contribution in [1.29, 1.82) is 0 Å². The van der Waals surface area contributed by atoms with Gasteiger partial charge in [0.1, 0.15) is 12.4 Å². The van der Waals surface area contributed by atoms with Crippen LogP contribution in [-0.4, -0.2) is 32.1 Å². The first kappa shape index (κ1) is 20.5.